The van der Waals surface area contributed by atoms with Crippen LogP contribution < -0.4 is 4.74 Å². The molecule has 0 saturated heterocycles. The summed E-state index contributed by atoms with van der Waals surface area (Å²) in [7, 11) is 1.67. The molecule has 19 heavy (non-hydrogen) atoms. The Labute approximate surface area is 112 Å². The molecule has 0 bridgehead atoms. The predicted octanol–water partition coefficient (Wildman–Crippen LogP) is 3.29. The Balaban J connectivity index is 1.91. The normalized spacial score (nSPS) is 10.8. The largest absolute Gasteiger partial charge is 0.468 e. The van der Waals surface area contributed by atoms with Gasteiger partial charge in [0.1, 0.15) is 0 Å². The molecule has 0 atom stereocenters. The van der Waals surface area contributed by atoms with E-state index in [0.29, 0.717) is 6.01 Å². The highest BCUT2D eigenvalue weighted by molar-refractivity contribution is 5.76. The third-order valence-electron chi connectivity index (χ3n) is 3.27. The van der Waals surface area contributed by atoms with Crippen molar-refractivity contribution in [2.24, 2.45) is 0 Å². The summed E-state index contributed by atoms with van der Waals surface area (Å²) in [4.78, 5) is 4.48. The van der Waals surface area contributed by atoms with Crippen LogP contribution in [0.5, 0.6) is 6.01 Å². The molecule has 0 aliphatic heterocycles. The summed E-state index contributed by atoms with van der Waals surface area (Å²) < 4.78 is 7.50. The topological polar surface area (TPSA) is 27.1 Å². The first-order valence-electron chi connectivity index (χ1n) is 6.41. The molecule has 0 unspecified atom stereocenters. The van der Waals surface area contributed by atoms with Crippen LogP contribution in [0.25, 0.3) is 11.0 Å². The molecule has 0 fully saturated rings. The van der Waals surface area contributed by atoms with E-state index in [2.05, 4.69) is 39.9 Å². The summed E-state index contributed by atoms with van der Waals surface area (Å²) in [5.41, 5.74) is 3.42. The van der Waals surface area contributed by atoms with E-state index in [1.807, 2.05) is 24.3 Å². The molecule has 1 aromatic heterocycles. The number of aromatic nitrogens is 2. The molecule has 3 aromatic rings. The molecule has 0 spiro atoms. The van der Waals surface area contributed by atoms with Gasteiger partial charge >= 0.3 is 0 Å². The smallest absolute Gasteiger partial charge is 0.297 e. The number of methoxy groups -OCH3 is 1. The second kappa shape index (κ2) is 5.14. The maximum Gasteiger partial charge on any atom is 0.297 e. The standard InChI is InChI=1S/C16H16N2O/c1-19-16-17-14-9-5-6-10-15(14)18(16)12-11-13-7-3-2-4-8-13/h2-10H,11-12H2,1H3. The lowest BCUT2D eigenvalue weighted by Gasteiger charge is -2.07. The molecule has 3 rings (SSSR count). The zero-order valence-corrected chi connectivity index (χ0v) is 10.9. The van der Waals surface area contributed by atoms with Crippen molar-refractivity contribution in [3.8, 4) is 6.01 Å². The lowest BCUT2D eigenvalue weighted by Crippen LogP contribution is -2.03. The van der Waals surface area contributed by atoms with E-state index in [1.165, 1.54) is 5.56 Å². The Hall–Kier alpha value is -2.29. The number of imidazole rings is 1. The third-order valence-corrected chi connectivity index (χ3v) is 3.27. The van der Waals surface area contributed by atoms with Crippen LogP contribution in [0.15, 0.2) is 54.6 Å². The lowest BCUT2D eigenvalue weighted by molar-refractivity contribution is 0.359. The third kappa shape index (κ3) is 2.32. The lowest BCUT2D eigenvalue weighted by atomic mass is 10.1. The molecular weight excluding hydrogens is 236 g/mol. The van der Waals surface area contributed by atoms with Gasteiger partial charge in [-0.15, -0.1) is 0 Å². The summed E-state index contributed by atoms with van der Waals surface area (Å²) in [6.45, 7) is 0.869. The number of ether oxygens (including phenoxy) is 1. The number of rotatable bonds is 4. The van der Waals surface area contributed by atoms with E-state index in [4.69, 9.17) is 4.74 Å². The van der Waals surface area contributed by atoms with Gasteiger partial charge < -0.3 is 4.74 Å². The van der Waals surface area contributed by atoms with Gasteiger partial charge in [0.25, 0.3) is 6.01 Å². The maximum absolute atomic E-state index is 5.37. The first-order valence-corrected chi connectivity index (χ1v) is 6.41. The van der Waals surface area contributed by atoms with Gasteiger partial charge in [-0.3, -0.25) is 4.57 Å². The zero-order chi connectivity index (χ0) is 13.1. The van der Waals surface area contributed by atoms with Gasteiger partial charge in [-0.05, 0) is 24.1 Å². The number of fused-ring (bicyclic) bond motifs is 1. The molecule has 1 heterocycles. The Morgan fingerprint density at radius 2 is 1.74 bits per heavy atom. The molecular formula is C16H16N2O. The summed E-state index contributed by atoms with van der Waals surface area (Å²) in [5, 5.41) is 0. The minimum atomic E-state index is 0.678. The fourth-order valence-corrected chi connectivity index (χ4v) is 2.31. The molecule has 0 amide bonds. The van der Waals surface area contributed by atoms with Crippen LogP contribution in [0.1, 0.15) is 5.56 Å². The van der Waals surface area contributed by atoms with Crippen molar-refractivity contribution in [3.05, 3.63) is 60.2 Å². The Bertz CT molecular complexity index is 674. The fraction of sp³-hybridized carbons (Fsp3) is 0.188. The van der Waals surface area contributed by atoms with E-state index in [-0.39, 0.29) is 0 Å². The van der Waals surface area contributed by atoms with E-state index >= 15 is 0 Å². The maximum atomic E-state index is 5.37. The highest BCUT2D eigenvalue weighted by Gasteiger charge is 2.10. The van der Waals surface area contributed by atoms with Crippen molar-refractivity contribution in [1.82, 2.24) is 9.55 Å². The van der Waals surface area contributed by atoms with E-state index in [0.717, 1.165) is 24.0 Å². The average molecular weight is 252 g/mol. The van der Waals surface area contributed by atoms with Gasteiger partial charge in [0.2, 0.25) is 0 Å². The molecule has 0 aliphatic carbocycles. The quantitative estimate of drug-likeness (QED) is 0.712. The zero-order valence-electron chi connectivity index (χ0n) is 10.9. The number of aryl methyl sites for hydroxylation is 2. The summed E-state index contributed by atoms with van der Waals surface area (Å²) in [6.07, 6.45) is 0.970. The van der Waals surface area contributed by atoms with Gasteiger partial charge in [-0.1, -0.05) is 42.5 Å². The number of benzene rings is 2. The van der Waals surface area contributed by atoms with Gasteiger partial charge in [0, 0.05) is 6.54 Å². The van der Waals surface area contributed by atoms with Crippen LogP contribution in [-0.4, -0.2) is 16.7 Å². The van der Waals surface area contributed by atoms with Gasteiger partial charge in [0.15, 0.2) is 0 Å². The van der Waals surface area contributed by atoms with Crippen LogP contribution in [0.2, 0.25) is 0 Å². The monoisotopic (exact) mass is 252 g/mol. The van der Waals surface area contributed by atoms with Gasteiger partial charge in [-0.25, -0.2) is 0 Å². The van der Waals surface area contributed by atoms with Crippen LogP contribution in [0, 0.1) is 0 Å². The van der Waals surface area contributed by atoms with Crippen molar-refractivity contribution < 1.29 is 4.74 Å². The van der Waals surface area contributed by atoms with Crippen LogP contribution in [-0.2, 0) is 13.0 Å². The first-order chi connectivity index (χ1) is 9.38. The Morgan fingerprint density at radius 3 is 2.53 bits per heavy atom. The summed E-state index contributed by atoms with van der Waals surface area (Å²) in [6, 6.07) is 19.3. The highest BCUT2D eigenvalue weighted by Crippen LogP contribution is 2.21. The predicted molar refractivity (Wildman–Crippen MR) is 76.4 cm³/mol. The summed E-state index contributed by atoms with van der Waals surface area (Å²) in [5.74, 6) is 0. The van der Waals surface area contributed by atoms with Gasteiger partial charge in [0.05, 0.1) is 18.1 Å². The number of nitrogens with zero attached hydrogens (tertiary/aromatic N) is 2. The van der Waals surface area contributed by atoms with Gasteiger partial charge in [-0.2, -0.15) is 4.98 Å². The first kappa shape index (κ1) is 11.8. The van der Waals surface area contributed by atoms with E-state index < -0.39 is 0 Å². The fourth-order valence-electron chi connectivity index (χ4n) is 2.31. The molecule has 0 radical (unpaired) electrons. The SMILES string of the molecule is COc1nc2ccccc2n1CCc1ccccc1. The van der Waals surface area contributed by atoms with E-state index in [1.54, 1.807) is 7.11 Å². The minimum absolute atomic E-state index is 0.678. The number of hydrogen-bond acceptors (Lipinski definition) is 2. The van der Waals surface area contributed by atoms with E-state index in [9.17, 15) is 0 Å². The molecule has 0 aliphatic rings. The van der Waals surface area contributed by atoms with Crippen molar-refractivity contribution in [2.45, 2.75) is 13.0 Å². The molecule has 0 N–H and O–H groups in total. The average Bonchev–Trinajstić information content (AvgIpc) is 2.84. The molecule has 3 heteroatoms. The number of hydrogen-bond donors (Lipinski definition) is 0. The second-order valence-electron chi connectivity index (χ2n) is 4.47. The molecule has 2 aromatic carbocycles. The van der Waals surface area contributed by atoms with Crippen LogP contribution in [0.3, 0.4) is 0 Å². The molecule has 0 saturated carbocycles. The summed E-state index contributed by atoms with van der Waals surface area (Å²) >= 11 is 0. The van der Waals surface area contributed by atoms with Crippen LogP contribution >= 0.6 is 0 Å². The highest BCUT2D eigenvalue weighted by atomic mass is 16.5. The van der Waals surface area contributed by atoms with Crippen molar-refractivity contribution in [2.75, 3.05) is 7.11 Å². The molecule has 96 valence electrons. The molecule has 3 nitrogen and oxygen atoms in total. The second-order valence-corrected chi connectivity index (χ2v) is 4.47. The minimum Gasteiger partial charge on any atom is -0.468 e. The number of para-hydroxylation sites is 2. The Kier molecular flexibility index (Phi) is 3.19. The van der Waals surface area contributed by atoms with Crippen molar-refractivity contribution in [3.63, 3.8) is 0 Å². The van der Waals surface area contributed by atoms with Crippen molar-refractivity contribution in [1.29, 1.82) is 0 Å². The Morgan fingerprint density at radius 1 is 1.00 bits per heavy atom. The van der Waals surface area contributed by atoms with Crippen molar-refractivity contribution >= 4 is 11.0 Å². The van der Waals surface area contributed by atoms with Crippen LogP contribution in [0.4, 0.5) is 0 Å².